The van der Waals surface area contributed by atoms with Gasteiger partial charge in [0.25, 0.3) is 0 Å². The van der Waals surface area contributed by atoms with Gasteiger partial charge in [-0.2, -0.15) is 0 Å². The fourth-order valence-electron chi connectivity index (χ4n) is 7.52. The fraction of sp³-hybridized carbons (Fsp3) is 0.591. The summed E-state index contributed by atoms with van der Waals surface area (Å²) in [6, 6.07) is 0. The molecule has 6 heteroatoms. The van der Waals surface area contributed by atoms with Gasteiger partial charge in [0, 0.05) is 19.3 Å². The number of ether oxygens (including phenoxy) is 3. The topological polar surface area (TPSA) is 78.9 Å². The lowest BCUT2D eigenvalue weighted by Gasteiger charge is -2.18. The van der Waals surface area contributed by atoms with E-state index in [0.717, 1.165) is 83.5 Å². The normalized spacial score (nSPS) is 13.2. The molecule has 0 bridgehead atoms. The first-order chi connectivity index (χ1) is 35.5. The molecule has 0 aliphatic heterocycles. The van der Waals surface area contributed by atoms with Crippen LogP contribution in [0, 0.1) is 0 Å². The molecule has 0 amide bonds. The molecule has 0 saturated carbocycles. The lowest BCUT2D eigenvalue weighted by Crippen LogP contribution is -2.30. The third-order valence-corrected chi connectivity index (χ3v) is 11.8. The Morgan fingerprint density at radius 1 is 0.306 bits per heavy atom. The third-order valence-electron chi connectivity index (χ3n) is 11.8. The van der Waals surface area contributed by atoms with Crippen LogP contribution in [0.1, 0.15) is 233 Å². The highest BCUT2D eigenvalue weighted by Gasteiger charge is 2.19. The SMILES string of the molecule is CC\C=C/C=C\C=C/C=C\C=C\C=C/C=C\CCCCCC(=O)OCC(COC(=O)CCC/C=C\C/C=C\C/C=C\C/C=C\C/C=C\CC)OC(=O)CCCCCCCCCCCCCCCCCCCC. The van der Waals surface area contributed by atoms with Crippen molar-refractivity contribution >= 4 is 17.9 Å². The summed E-state index contributed by atoms with van der Waals surface area (Å²) in [6.45, 7) is 6.29. The molecule has 0 aromatic carbocycles. The summed E-state index contributed by atoms with van der Waals surface area (Å²) in [5, 5.41) is 0. The number of unbranched alkanes of at least 4 members (excludes halogenated alkanes) is 21. The Balaban J connectivity index is 4.58. The van der Waals surface area contributed by atoms with Gasteiger partial charge < -0.3 is 14.2 Å². The summed E-state index contributed by atoms with van der Waals surface area (Å²) in [7, 11) is 0. The second-order valence-electron chi connectivity index (χ2n) is 18.6. The minimum atomic E-state index is -0.826. The van der Waals surface area contributed by atoms with E-state index in [0.29, 0.717) is 25.7 Å². The highest BCUT2D eigenvalue weighted by molar-refractivity contribution is 5.71. The van der Waals surface area contributed by atoms with Crippen molar-refractivity contribution in [1.29, 1.82) is 0 Å². The van der Waals surface area contributed by atoms with Crippen molar-refractivity contribution in [3.8, 4) is 0 Å². The molecule has 0 N–H and O–H groups in total. The van der Waals surface area contributed by atoms with Crippen LogP contribution in [0.25, 0.3) is 0 Å². The maximum absolute atomic E-state index is 12.9. The molecular formula is C66H104O6. The zero-order valence-electron chi connectivity index (χ0n) is 46.1. The standard InChI is InChI=1S/C66H104O6/c1-4-7-10-13-16-19-22-25-28-31-33-36-38-41-44-47-50-53-56-59-65(68)71-62-63(61-70-64(67)58-55-52-49-46-43-40-37-34-30-27-24-21-18-15-12-9-6-3)72-66(69)60-57-54-51-48-45-42-39-35-32-29-26-23-20-17-14-11-8-5-2/h7,9-10,12-13,16,18-19,21-22,25,27-28,30-31,33,36-38,40-41,44,46,49,63H,4-6,8,11,14-15,17,20,23-24,26,29,32,34-35,39,42-43,45,47-48,50-62H2,1-3H3/b10-7-,12-9-,16-13-,21-18-,22-19-,28-25-,30-27-,33-31+,38-36-,40-37-,44-41-,49-46-. The van der Waals surface area contributed by atoms with Crippen molar-refractivity contribution in [2.24, 2.45) is 0 Å². The van der Waals surface area contributed by atoms with E-state index in [1.54, 1.807) is 0 Å². The zero-order valence-corrected chi connectivity index (χ0v) is 46.1. The van der Waals surface area contributed by atoms with Gasteiger partial charge in [-0.05, 0) is 77.0 Å². The van der Waals surface area contributed by atoms with Gasteiger partial charge in [0.15, 0.2) is 6.10 Å². The summed E-state index contributed by atoms with van der Waals surface area (Å²) in [4.78, 5) is 38.2. The molecule has 1 atom stereocenters. The smallest absolute Gasteiger partial charge is 0.306 e. The van der Waals surface area contributed by atoms with E-state index in [-0.39, 0.29) is 37.5 Å². The molecule has 0 aliphatic rings. The summed E-state index contributed by atoms with van der Waals surface area (Å²) >= 11 is 0. The number of hydrogen-bond acceptors (Lipinski definition) is 6. The van der Waals surface area contributed by atoms with Crippen molar-refractivity contribution < 1.29 is 28.6 Å². The highest BCUT2D eigenvalue weighted by atomic mass is 16.6. The molecule has 0 saturated heterocycles. The van der Waals surface area contributed by atoms with Gasteiger partial charge in [-0.15, -0.1) is 0 Å². The largest absolute Gasteiger partial charge is 0.462 e. The predicted molar refractivity (Wildman–Crippen MR) is 311 cm³/mol. The molecule has 404 valence electrons. The van der Waals surface area contributed by atoms with Crippen LogP contribution in [0.4, 0.5) is 0 Å². The monoisotopic (exact) mass is 993 g/mol. The lowest BCUT2D eigenvalue weighted by atomic mass is 10.0. The van der Waals surface area contributed by atoms with Crippen molar-refractivity contribution in [3.05, 3.63) is 146 Å². The average molecular weight is 994 g/mol. The minimum Gasteiger partial charge on any atom is -0.462 e. The first kappa shape index (κ1) is 67.3. The number of carbonyl (C=O) groups is 3. The van der Waals surface area contributed by atoms with Crippen LogP contribution in [0.2, 0.25) is 0 Å². The van der Waals surface area contributed by atoms with E-state index in [1.807, 2.05) is 72.9 Å². The van der Waals surface area contributed by atoms with E-state index < -0.39 is 6.10 Å². The molecule has 0 heterocycles. The van der Waals surface area contributed by atoms with Crippen molar-refractivity contribution in [2.75, 3.05) is 13.2 Å². The lowest BCUT2D eigenvalue weighted by molar-refractivity contribution is -0.167. The van der Waals surface area contributed by atoms with E-state index in [2.05, 4.69) is 93.7 Å². The Morgan fingerprint density at radius 3 is 1.06 bits per heavy atom. The van der Waals surface area contributed by atoms with Crippen molar-refractivity contribution in [1.82, 2.24) is 0 Å². The number of carbonyl (C=O) groups excluding carboxylic acids is 3. The Kier molecular flexibility index (Phi) is 55.0. The summed E-state index contributed by atoms with van der Waals surface area (Å²) in [6.07, 6.45) is 84.1. The fourth-order valence-corrected chi connectivity index (χ4v) is 7.52. The van der Waals surface area contributed by atoms with E-state index in [9.17, 15) is 14.4 Å². The van der Waals surface area contributed by atoms with Gasteiger partial charge in [-0.3, -0.25) is 14.4 Å². The molecule has 0 rings (SSSR count). The van der Waals surface area contributed by atoms with Crippen LogP contribution in [0.15, 0.2) is 146 Å². The second-order valence-corrected chi connectivity index (χ2v) is 18.6. The van der Waals surface area contributed by atoms with Crippen LogP contribution in [-0.2, 0) is 28.6 Å². The highest BCUT2D eigenvalue weighted by Crippen LogP contribution is 2.15. The number of hydrogen-bond donors (Lipinski definition) is 0. The summed E-state index contributed by atoms with van der Waals surface area (Å²) < 4.78 is 16.8. The van der Waals surface area contributed by atoms with Crippen molar-refractivity contribution in [3.63, 3.8) is 0 Å². The van der Waals surface area contributed by atoms with E-state index in [4.69, 9.17) is 14.2 Å². The second kappa shape index (κ2) is 58.9. The molecule has 72 heavy (non-hydrogen) atoms. The molecule has 0 aromatic rings. The van der Waals surface area contributed by atoms with Crippen LogP contribution < -0.4 is 0 Å². The van der Waals surface area contributed by atoms with E-state index in [1.165, 1.54) is 96.3 Å². The molecule has 6 nitrogen and oxygen atoms in total. The quantitative estimate of drug-likeness (QED) is 0.0199. The van der Waals surface area contributed by atoms with Crippen LogP contribution in [0.3, 0.4) is 0 Å². The molecule has 0 spiro atoms. The van der Waals surface area contributed by atoms with Gasteiger partial charge >= 0.3 is 17.9 Å². The first-order valence-corrected chi connectivity index (χ1v) is 28.9. The zero-order chi connectivity index (χ0) is 52.2. The molecule has 0 aromatic heterocycles. The third kappa shape index (κ3) is 56.2. The maximum atomic E-state index is 12.9. The molecular weight excluding hydrogens is 889 g/mol. The molecule has 1 unspecified atom stereocenters. The van der Waals surface area contributed by atoms with Gasteiger partial charge in [-0.25, -0.2) is 0 Å². The Morgan fingerprint density at radius 2 is 0.625 bits per heavy atom. The van der Waals surface area contributed by atoms with Gasteiger partial charge in [-0.1, -0.05) is 282 Å². The Labute approximate surface area is 442 Å². The Bertz CT molecular complexity index is 1610. The minimum absolute atomic E-state index is 0.124. The van der Waals surface area contributed by atoms with Crippen LogP contribution in [-0.4, -0.2) is 37.2 Å². The molecule has 0 radical (unpaired) electrons. The van der Waals surface area contributed by atoms with Gasteiger partial charge in [0.2, 0.25) is 0 Å². The van der Waals surface area contributed by atoms with E-state index >= 15 is 0 Å². The summed E-state index contributed by atoms with van der Waals surface area (Å²) in [5.74, 6) is -1.03. The number of rotatable bonds is 50. The summed E-state index contributed by atoms with van der Waals surface area (Å²) in [5.41, 5.74) is 0. The van der Waals surface area contributed by atoms with Crippen LogP contribution >= 0.6 is 0 Å². The van der Waals surface area contributed by atoms with Crippen LogP contribution in [0.5, 0.6) is 0 Å². The van der Waals surface area contributed by atoms with Gasteiger partial charge in [0.1, 0.15) is 13.2 Å². The predicted octanol–water partition coefficient (Wildman–Crippen LogP) is 19.6. The maximum Gasteiger partial charge on any atom is 0.306 e. The van der Waals surface area contributed by atoms with Gasteiger partial charge in [0.05, 0.1) is 0 Å². The Hall–Kier alpha value is -4.71. The molecule has 0 fully saturated rings. The average Bonchev–Trinajstić information content (AvgIpc) is 3.38. The van der Waals surface area contributed by atoms with Crippen molar-refractivity contribution in [2.45, 2.75) is 239 Å². The number of allylic oxidation sites excluding steroid dienone is 24. The number of esters is 3. The molecule has 0 aliphatic carbocycles. The first-order valence-electron chi connectivity index (χ1n) is 28.9.